The number of piperazine rings is 1. The number of nitrogens with one attached hydrogen (secondary N) is 2. The highest BCUT2D eigenvalue weighted by Crippen LogP contribution is 2.28. The first-order valence-electron chi connectivity index (χ1n) is 10.8. The molecule has 166 valence electrons. The summed E-state index contributed by atoms with van der Waals surface area (Å²) in [5.41, 5.74) is 1.69. The molecule has 3 N–H and O–H groups in total. The first-order valence-corrected chi connectivity index (χ1v) is 10.8. The molecule has 1 atom stereocenters. The van der Waals surface area contributed by atoms with E-state index in [1.54, 1.807) is 25.5 Å². The van der Waals surface area contributed by atoms with E-state index in [0.717, 1.165) is 47.4 Å². The van der Waals surface area contributed by atoms with Gasteiger partial charge in [-0.25, -0.2) is 4.98 Å². The molecule has 1 saturated heterocycles. The summed E-state index contributed by atoms with van der Waals surface area (Å²) in [7, 11) is 0. The van der Waals surface area contributed by atoms with Gasteiger partial charge in [0.1, 0.15) is 5.65 Å². The molecule has 5 rings (SSSR count). The zero-order valence-corrected chi connectivity index (χ0v) is 18.4. The van der Waals surface area contributed by atoms with Gasteiger partial charge in [-0.15, -0.1) is 10.2 Å². The van der Waals surface area contributed by atoms with Gasteiger partial charge in [0.2, 0.25) is 5.95 Å². The van der Waals surface area contributed by atoms with Crippen molar-refractivity contribution in [3.8, 4) is 0 Å². The average molecular weight is 434 g/mol. The Bertz CT molecular complexity index is 1250. The van der Waals surface area contributed by atoms with E-state index in [4.69, 9.17) is 4.98 Å². The Morgan fingerprint density at radius 1 is 1.19 bits per heavy atom. The summed E-state index contributed by atoms with van der Waals surface area (Å²) in [5, 5.41) is 27.3. The zero-order valence-electron chi connectivity index (χ0n) is 18.4. The molecular formula is C22H27N9O. The summed E-state index contributed by atoms with van der Waals surface area (Å²) in [6, 6.07) is 5.79. The summed E-state index contributed by atoms with van der Waals surface area (Å²) in [6.07, 6.45) is 4.80. The molecule has 1 aliphatic rings. The minimum Gasteiger partial charge on any atom is -0.392 e. The molecule has 0 aromatic carbocycles. The van der Waals surface area contributed by atoms with Crippen molar-refractivity contribution in [2.24, 2.45) is 0 Å². The number of fused-ring (bicyclic) bond motifs is 3. The second-order valence-electron chi connectivity index (χ2n) is 8.92. The molecule has 0 amide bonds. The summed E-state index contributed by atoms with van der Waals surface area (Å²) in [4.78, 5) is 15.6. The molecule has 4 aromatic heterocycles. The Labute approximate surface area is 185 Å². The number of pyridine rings is 1. The summed E-state index contributed by atoms with van der Waals surface area (Å²) >= 11 is 0. The fraction of sp³-hybridized carbons (Fsp3) is 0.409. The lowest BCUT2D eigenvalue weighted by Gasteiger charge is -2.39. The van der Waals surface area contributed by atoms with Crippen LogP contribution in [0.2, 0.25) is 0 Å². The normalized spacial score (nSPS) is 17.1. The van der Waals surface area contributed by atoms with Crippen LogP contribution in [0.25, 0.3) is 21.9 Å². The highest BCUT2D eigenvalue weighted by molar-refractivity contribution is 6.06. The molecule has 1 aliphatic heterocycles. The third-order valence-corrected chi connectivity index (χ3v) is 5.64. The van der Waals surface area contributed by atoms with Crippen LogP contribution in [0.5, 0.6) is 0 Å². The van der Waals surface area contributed by atoms with Crippen LogP contribution in [0.1, 0.15) is 20.8 Å². The number of nitrogens with zero attached hydrogens (tertiary/aromatic N) is 7. The van der Waals surface area contributed by atoms with Gasteiger partial charge in [-0.3, -0.25) is 4.98 Å². The van der Waals surface area contributed by atoms with Gasteiger partial charge in [0.25, 0.3) is 0 Å². The molecule has 0 saturated carbocycles. The van der Waals surface area contributed by atoms with Gasteiger partial charge in [0.15, 0.2) is 11.6 Å². The van der Waals surface area contributed by atoms with Crippen LogP contribution in [0.3, 0.4) is 0 Å². The lowest BCUT2D eigenvalue weighted by molar-refractivity contribution is 0.176. The van der Waals surface area contributed by atoms with Gasteiger partial charge in [0, 0.05) is 48.3 Å². The fourth-order valence-corrected chi connectivity index (χ4v) is 4.23. The van der Waals surface area contributed by atoms with E-state index in [-0.39, 0.29) is 5.54 Å². The first kappa shape index (κ1) is 20.5. The van der Waals surface area contributed by atoms with Crippen molar-refractivity contribution in [2.45, 2.75) is 39.0 Å². The highest BCUT2D eigenvalue weighted by Gasteiger charge is 2.26. The van der Waals surface area contributed by atoms with Gasteiger partial charge in [-0.1, -0.05) is 0 Å². The molecule has 0 radical (unpaired) electrons. The Morgan fingerprint density at radius 2 is 2.06 bits per heavy atom. The molecule has 10 heteroatoms. The Kier molecular flexibility index (Phi) is 5.10. The second kappa shape index (κ2) is 7.95. The Balaban J connectivity index is 1.42. The average Bonchev–Trinajstić information content (AvgIpc) is 3.06. The molecule has 0 bridgehead atoms. The molecule has 0 aliphatic carbocycles. The zero-order chi connectivity index (χ0) is 22.3. The predicted molar refractivity (Wildman–Crippen MR) is 124 cm³/mol. The van der Waals surface area contributed by atoms with Gasteiger partial charge in [-0.05, 0) is 39.0 Å². The van der Waals surface area contributed by atoms with Crippen LogP contribution in [0, 0.1) is 0 Å². The third kappa shape index (κ3) is 3.94. The van der Waals surface area contributed by atoms with E-state index in [1.165, 1.54) is 0 Å². The topological polar surface area (TPSA) is 117 Å². The van der Waals surface area contributed by atoms with Gasteiger partial charge < -0.3 is 25.2 Å². The maximum absolute atomic E-state index is 9.99. The van der Waals surface area contributed by atoms with Crippen molar-refractivity contribution in [3.05, 3.63) is 36.8 Å². The van der Waals surface area contributed by atoms with Crippen LogP contribution in [0.15, 0.2) is 36.8 Å². The van der Waals surface area contributed by atoms with Crippen molar-refractivity contribution >= 4 is 39.5 Å². The van der Waals surface area contributed by atoms with Crippen molar-refractivity contribution < 1.29 is 5.11 Å². The van der Waals surface area contributed by atoms with Crippen LogP contribution in [-0.2, 0) is 6.54 Å². The number of aliphatic hydroxyl groups is 1. The van der Waals surface area contributed by atoms with E-state index in [1.807, 2.05) is 22.8 Å². The largest absolute Gasteiger partial charge is 0.392 e. The quantitative estimate of drug-likeness (QED) is 0.435. The Morgan fingerprint density at radius 3 is 2.81 bits per heavy atom. The van der Waals surface area contributed by atoms with Crippen LogP contribution >= 0.6 is 0 Å². The maximum Gasteiger partial charge on any atom is 0.230 e. The third-order valence-electron chi connectivity index (χ3n) is 5.64. The van der Waals surface area contributed by atoms with Crippen molar-refractivity contribution in [3.63, 3.8) is 0 Å². The number of rotatable bonds is 5. The van der Waals surface area contributed by atoms with Crippen molar-refractivity contribution in [2.75, 3.05) is 29.9 Å². The van der Waals surface area contributed by atoms with Crippen molar-refractivity contribution in [1.29, 1.82) is 0 Å². The standard InChI is InChI=1S/C22H27N9O/c1-14(32)12-31-17-11-23-7-6-15(17)16-10-24-21(27-20(16)31)26-18-4-5-19(29-28-18)30-9-8-25-22(2,3)13-30/h4-7,10-11,14,25,32H,8-9,12-13H2,1-3H3,(H,24,26,27,28)/t14-/m1/s1. The van der Waals surface area contributed by atoms with E-state index in [9.17, 15) is 5.11 Å². The fourth-order valence-electron chi connectivity index (χ4n) is 4.23. The predicted octanol–water partition coefficient (Wildman–Crippen LogP) is 2.08. The summed E-state index contributed by atoms with van der Waals surface area (Å²) in [5.74, 6) is 1.85. The molecule has 4 aromatic rings. The molecule has 0 spiro atoms. The molecule has 5 heterocycles. The smallest absolute Gasteiger partial charge is 0.230 e. The molecule has 1 fully saturated rings. The maximum atomic E-state index is 9.99. The monoisotopic (exact) mass is 433 g/mol. The lowest BCUT2D eigenvalue weighted by atomic mass is 10.0. The van der Waals surface area contributed by atoms with Crippen molar-refractivity contribution in [1.82, 2.24) is 35.0 Å². The van der Waals surface area contributed by atoms with E-state index in [0.29, 0.717) is 18.3 Å². The molecular weight excluding hydrogens is 406 g/mol. The number of aliphatic hydroxyl groups excluding tert-OH is 1. The molecule has 0 unspecified atom stereocenters. The van der Waals surface area contributed by atoms with E-state index < -0.39 is 6.10 Å². The SMILES string of the molecule is C[C@@H](O)Cn1c2cnccc2c2cnc(Nc3ccc(N4CCNC(C)(C)C4)nn3)nc21. The first-order chi connectivity index (χ1) is 15.4. The summed E-state index contributed by atoms with van der Waals surface area (Å²) in [6.45, 7) is 9.22. The Hall–Kier alpha value is -3.37. The van der Waals surface area contributed by atoms with Crippen LogP contribution in [-0.4, -0.2) is 66.1 Å². The minimum absolute atomic E-state index is 0.0418. The minimum atomic E-state index is -0.520. The second-order valence-corrected chi connectivity index (χ2v) is 8.92. The summed E-state index contributed by atoms with van der Waals surface area (Å²) < 4.78 is 1.97. The number of anilines is 3. The van der Waals surface area contributed by atoms with Gasteiger partial charge in [-0.2, -0.15) is 4.98 Å². The lowest BCUT2D eigenvalue weighted by Crippen LogP contribution is -2.57. The molecule has 32 heavy (non-hydrogen) atoms. The van der Waals surface area contributed by atoms with Gasteiger partial charge >= 0.3 is 0 Å². The number of hydrogen-bond donors (Lipinski definition) is 3. The van der Waals surface area contributed by atoms with Gasteiger partial charge in [0.05, 0.1) is 24.4 Å². The number of aromatic nitrogens is 6. The van der Waals surface area contributed by atoms with E-state index in [2.05, 4.69) is 49.5 Å². The van der Waals surface area contributed by atoms with Crippen LogP contribution in [0.4, 0.5) is 17.6 Å². The van der Waals surface area contributed by atoms with Crippen LogP contribution < -0.4 is 15.5 Å². The number of hydrogen-bond acceptors (Lipinski definition) is 9. The van der Waals surface area contributed by atoms with E-state index >= 15 is 0 Å². The highest BCUT2D eigenvalue weighted by atomic mass is 16.3. The molecule has 10 nitrogen and oxygen atoms in total.